The van der Waals surface area contributed by atoms with Crippen molar-refractivity contribution in [3.05, 3.63) is 41.5 Å². The lowest BCUT2D eigenvalue weighted by molar-refractivity contribution is 0.628. The fourth-order valence-corrected chi connectivity index (χ4v) is 2.16. The van der Waals surface area contributed by atoms with Gasteiger partial charge in [0.2, 0.25) is 0 Å². The second-order valence-electron chi connectivity index (χ2n) is 4.79. The van der Waals surface area contributed by atoms with Crippen LogP contribution in [0.15, 0.2) is 24.4 Å². The first kappa shape index (κ1) is 13.7. The van der Waals surface area contributed by atoms with Gasteiger partial charge in [-0.05, 0) is 37.6 Å². The molecule has 4 heteroatoms. The normalized spacial score (nSPS) is 10.9. The van der Waals surface area contributed by atoms with Crippen molar-refractivity contribution >= 4 is 0 Å². The molecule has 1 aromatic carbocycles. The van der Waals surface area contributed by atoms with E-state index in [-0.39, 0.29) is 5.82 Å². The number of aromatic nitrogens is 2. The third-order valence-corrected chi connectivity index (χ3v) is 3.09. The van der Waals surface area contributed by atoms with Gasteiger partial charge >= 0.3 is 0 Å². The van der Waals surface area contributed by atoms with Crippen molar-refractivity contribution in [3.63, 3.8) is 0 Å². The van der Waals surface area contributed by atoms with Gasteiger partial charge in [0.15, 0.2) is 0 Å². The molecule has 0 radical (unpaired) electrons. The first-order valence-corrected chi connectivity index (χ1v) is 6.61. The average molecular weight is 261 g/mol. The SMILES string of the molecule is CCCNCc1ccc(F)c(-c2cn(C)nc2C)c1. The Morgan fingerprint density at radius 1 is 1.32 bits per heavy atom. The Morgan fingerprint density at radius 3 is 2.74 bits per heavy atom. The van der Waals surface area contributed by atoms with E-state index in [2.05, 4.69) is 17.3 Å². The Kier molecular flexibility index (Phi) is 4.32. The summed E-state index contributed by atoms with van der Waals surface area (Å²) in [6.45, 7) is 5.76. The molecule has 1 N–H and O–H groups in total. The van der Waals surface area contributed by atoms with E-state index < -0.39 is 0 Å². The number of hydrogen-bond acceptors (Lipinski definition) is 2. The summed E-state index contributed by atoms with van der Waals surface area (Å²) in [6.07, 6.45) is 2.95. The number of aryl methyl sites for hydroxylation is 2. The highest BCUT2D eigenvalue weighted by atomic mass is 19.1. The Balaban J connectivity index is 2.29. The first-order chi connectivity index (χ1) is 9.11. The molecule has 0 atom stereocenters. The van der Waals surface area contributed by atoms with Gasteiger partial charge in [-0.3, -0.25) is 4.68 Å². The minimum absolute atomic E-state index is 0.199. The topological polar surface area (TPSA) is 29.9 Å². The second-order valence-corrected chi connectivity index (χ2v) is 4.79. The van der Waals surface area contributed by atoms with E-state index in [0.29, 0.717) is 5.56 Å². The smallest absolute Gasteiger partial charge is 0.131 e. The van der Waals surface area contributed by atoms with Crippen LogP contribution in [0.5, 0.6) is 0 Å². The summed E-state index contributed by atoms with van der Waals surface area (Å²) in [5, 5.41) is 7.59. The number of hydrogen-bond donors (Lipinski definition) is 1. The van der Waals surface area contributed by atoms with Crippen LogP contribution in [-0.4, -0.2) is 16.3 Å². The Labute approximate surface area is 113 Å². The van der Waals surface area contributed by atoms with Gasteiger partial charge in [-0.15, -0.1) is 0 Å². The summed E-state index contributed by atoms with van der Waals surface area (Å²) in [4.78, 5) is 0. The molecule has 0 unspecified atom stereocenters. The molecular weight excluding hydrogens is 241 g/mol. The Bertz CT molecular complexity index is 561. The van der Waals surface area contributed by atoms with E-state index in [1.54, 1.807) is 4.68 Å². The zero-order valence-electron chi connectivity index (χ0n) is 11.7. The van der Waals surface area contributed by atoms with E-state index in [1.165, 1.54) is 6.07 Å². The number of halogens is 1. The summed E-state index contributed by atoms with van der Waals surface area (Å²) in [5.41, 5.74) is 3.42. The van der Waals surface area contributed by atoms with Crippen LogP contribution in [0.3, 0.4) is 0 Å². The van der Waals surface area contributed by atoms with E-state index in [9.17, 15) is 4.39 Å². The molecule has 2 aromatic rings. The van der Waals surface area contributed by atoms with Crippen molar-refractivity contribution in [1.29, 1.82) is 0 Å². The van der Waals surface area contributed by atoms with Gasteiger partial charge in [0.25, 0.3) is 0 Å². The monoisotopic (exact) mass is 261 g/mol. The van der Waals surface area contributed by atoms with Crippen LogP contribution in [0.1, 0.15) is 24.6 Å². The highest BCUT2D eigenvalue weighted by Gasteiger charge is 2.11. The lowest BCUT2D eigenvalue weighted by Gasteiger charge is -2.07. The first-order valence-electron chi connectivity index (χ1n) is 6.61. The zero-order valence-corrected chi connectivity index (χ0v) is 11.7. The maximum atomic E-state index is 14.0. The fourth-order valence-electron chi connectivity index (χ4n) is 2.16. The quantitative estimate of drug-likeness (QED) is 0.838. The minimum atomic E-state index is -0.199. The standard InChI is InChI=1S/C15H20FN3/c1-4-7-17-9-12-5-6-15(16)13(8-12)14-10-19(3)18-11(14)2/h5-6,8,10,17H,4,7,9H2,1-3H3. The molecule has 1 aromatic heterocycles. The van der Waals surface area contributed by atoms with Crippen LogP contribution in [0, 0.1) is 12.7 Å². The van der Waals surface area contributed by atoms with Crippen LogP contribution >= 0.6 is 0 Å². The zero-order chi connectivity index (χ0) is 13.8. The van der Waals surface area contributed by atoms with E-state index in [1.807, 2.05) is 32.3 Å². The predicted octanol–water partition coefficient (Wildman–Crippen LogP) is 3.03. The third-order valence-electron chi connectivity index (χ3n) is 3.09. The largest absolute Gasteiger partial charge is 0.313 e. The van der Waals surface area contributed by atoms with Crippen LogP contribution < -0.4 is 5.32 Å². The molecule has 0 amide bonds. The summed E-state index contributed by atoms with van der Waals surface area (Å²) in [6, 6.07) is 5.26. The van der Waals surface area contributed by atoms with Crippen LogP contribution in [0.4, 0.5) is 4.39 Å². The van der Waals surface area contributed by atoms with Crippen LogP contribution in [-0.2, 0) is 13.6 Å². The highest BCUT2D eigenvalue weighted by Crippen LogP contribution is 2.26. The molecule has 102 valence electrons. The molecule has 2 rings (SSSR count). The highest BCUT2D eigenvalue weighted by molar-refractivity contribution is 5.66. The average Bonchev–Trinajstić information content (AvgIpc) is 2.71. The van der Waals surface area contributed by atoms with Crippen molar-refractivity contribution in [2.45, 2.75) is 26.8 Å². The number of nitrogens with zero attached hydrogens (tertiary/aromatic N) is 2. The Morgan fingerprint density at radius 2 is 2.11 bits per heavy atom. The van der Waals surface area contributed by atoms with E-state index in [0.717, 1.165) is 36.3 Å². The van der Waals surface area contributed by atoms with Crippen LogP contribution in [0.25, 0.3) is 11.1 Å². The van der Waals surface area contributed by atoms with Crippen molar-refractivity contribution in [3.8, 4) is 11.1 Å². The Hall–Kier alpha value is -1.68. The minimum Gasteiger partial charge on any atom is -0.313 e. The summed E-state index contributed by atoms with van der Waals surface area (Å²) in [7, 11) is 1.85. The van der Waals surface area contributed by atoms with Gasteiger partial charge < -0.3 is 5.32 Å². The summed E-state index contributed by atoms with van der Waals surface area (Å²) >= 11 is 0. The molecule has 0 spiro atoms. The lowest BCUT2D eigenvalue weighted by atomic mass is 10.0. The van der Waals surface area contributed by atoms with Crippen molar-refractivity contribution in [2.24, 2.45) is 7.05 Å². The van der Waals surface area contributed by atoms with Crippen molar-refractivity contribution < 1.29 is 4.39 Å². The third kappa shape index (κ3) is 3.20. The lowest BCUT2D eigenvalue weighted by Crippen LogP contribution is -2.13. The van der Waals surface area contributed by atoms with Gasteiger partial charge in [0.05, 0.1) is 5.69 Å². The predicted molar refractivity (Wildman–Crippen MR) is 75.3 cm³/mol. The van der Waals surface area contributed by atoms with Crippen molar-refractivity contribution in [1.82, 2.24) is 15.1 Å². The maximum absolute atomic E-state index is 14.0. The molecule has 0 saturated heterocycles. The molecular formula is C15H20FN3. The molecule has 0 aliphatic rings. The maximum Gasteiger partial charge on any atom is 0.131 e. The van der Waals surface area contributed by atoms with Crippen molar-refractivity contribution in [2.75, 3.05) is 6.54 Å². The molecule has 0 fully saturated rings. The van der Waals surface area contributed by atoms with E-state index in [4.69, 9.17) is 0 Å². The second kappa shape index (κ2) is 5.97. The summed E-state index contributed by atoms with van der Waals surface area (Å²) in [5.74, 6) is -0.199. The molecule has 0 saturated carbocycles. The van der Waals surface area contributed by atoms with E-state index >= 15 is 0 Å². The van der Waals surface area contributed by atoms with Gasteiger partial charge in [0.1, 0.15) is 5.82 Å². The molecule has 0 bridgehead atoms. The van der Waals surface area contributed by atoms with Gasteiger partial charge in [-0.1, -0.05) is 13.0 Å². The molecule has 3 nitrogen and oxygen atoms in total. The van der Waals surface area contributed by atoms with Gasteiger partial charge in [0, 0.05) is 30.9 Å². The number of nitrogens with one attached hydrogen (secondary N) is 1. The molecule has 19 heavy (non-hydrogen) atoms. The fraction of sp³-hybridized carbons (Fsp3) is 0.400. The number of benzene rings is 1. The molecule has 0 aliphatic heterocycles. The summed E-state index contributed by atoms with van der Waals surface area (Å²) < 4.78 is 15.7. The van der Waals surface area contributed by atoms with Crippen LogP contribution in [0.2, 0.25) is 0 Å². The van der Waals surface area contributed by atoms with Gasteiger partial charge in [-0.25, -0.2) is 4.39 Å². The molecule has 1 heterocycles. The molecule has 0 aliphatic carbocycles. The number of rotatable bonds is 5. The van der Waals surface area contributed by atoms with Gasteiger partial charge in [-0.2, -0.15) is 5.10 Å².